The van der Waals surface area contributed by atoms with E-state index in [0.29, 0.717) is 0 Å². The first kappa shape index (κ1) is 13.9. The van der Waals surface area contributed by atoms with Gasteiger partial charge in [-0.15, -0.1) is 0 Å². The summed E-state index contributed by atoms with van der Waals surface area (Å²) in [5, 5.41) is 12.7. The van der Waals surface area contributed by atoms with E-state index in [0.717, 1.165) is 5.56 Å². The molecule has 2 aromatic rings. The largest absolute Gasteiger partial charge is 0.503 e. The first-order valence-corrected chi connectivity index (χ1v) is 6.21. The normalized spacial score (nSPS) is 11.7. The van der Waals surface area contributed by atoms with Crippen LogP contribution in [-0.4, -0.2) is 23.1 Å². The van der Waals surface area contributed by atoms with E-state index < -0.39 is 5.91 Å². The molecule has 0 saturated carbocycles. The highest BCUT2D eigenvalue weighted by Gasteiger charge is 2.18. The molecule has 0 aliphatic carbocycles. The Kier molecular flexibility index (Phi) is 4.20. The van der Waals surface area contributed by atoms with Crippen LogP contribution in [0, 0.1) is 0 Å². The third kappa shape index (κ3) is 2.88. The zero-order valence-corrected chi connectivity index (χ0v) is 11.3. The SMILES string of the molecule is COc1ccnc(C(=O)N[C@@H](C)c2ccccc2)c1O. The lowest BCUT2D eigenvalue weighted by Gasteiger charge is -2.14. The topological polar surface area (TPSA) is 71.5 Å². The molecular formula is C15H16N2O3. The Labute approximate surface area is 117 Å². The van der Waals surface area contributed by atoms with E-state index in [1.807, 2.05) is 37.3 Å². The lowest BCUT2D eigenvalue weighted by atomic mass is 10.1. The number of amides is 1. The summed E-state index contributed by atoms with van der Waals surface area (Å²) in [7, 11) is 1.42. The summed E-state index contributed by atoms with van der Waals surface area (Å²) in [6.07, 6.45) is 1.42. The minimum atomic E-state index is -0.447. The van der Waals surface area contributed by atoms with Crippen molar-refractivity contribution in [2.24, 2.45) is 0 Å². The van der Waals surface area contributed by atoms with Gasteiger partial charge in [-0.2, -0.15) is 0 Å². The maximum atomic E-state index is 12.1. The van der Waals surface area contributed by atoms with Crippen LogP contribution >= 0.6 is 0 Å². The van der Waals surface area contributed by atoms with Crippen LogP contribution in [0.5, 0.6) is 11.5 Å². The molecule has 2 N–H and O–H groups in total. The van der Waals surface area contributed by atoms with Crippen molar-refractivity contribution < 1.29 is 14.6 Å². The van der Waals surface area contributed by atoms with Crippen molar-refractivity contribution >= 4 is 5.91 Å². The van der Waals surface area contributed by atoms with E-state index in [9.17, 15) is 9.90 Å². The van der Waals surface area contributed by atoms with Crippen molar-refractivity contribution in [1.29, 1.82) is 0 Å². The maximum Gasteiger partial charge on any atom is 0.274 e. The minimum Gasteiger partial charge on any atom is -0.503 e. The fraction of sp³-hybridized carbons (Fsp3) is 0.200. The van der Waals surface area contributed by atoms with Gasteiger partial charge in [0.25, 0.3) is 5.91 Å². The highest BCUT2D eigenvalue weighted by Crippen LogP contribution is 2.27. The standard InChI is InChI=1S/C15H16N2O3/c1-10(11-6-4-3-5-7-11)17-15(19)13-14(18)12(20-2)8-9-16-13/h3-10,18H,1-2H3,(H,17,19)/t10-/m0/s1. The lowest BCUT2D eigenvalue weighted by Crippen LogP contribution is -2.27. The number of aromatic hydroxyl groups is 1. The Hall–Kier alpha value is -2.56. The van der Waals surface area contributed by atoms with Crippen molar-refractivity contribution in [2.45, 2.75) is 13.0 Å². The van der Waals surface area contributed by atoms with Crippen molar-refractivity contribution in [1.82, 2.24) is 10.3 Å². The number of nitrogens with one attached hydrogen (secondary N) is 1. The Morgan fingerprint density at radius 2 is 2.00 bits per heavy atom. The molecule has 0 aliphatic heterocycles. The number of aromatic nitrogens is 1. The van der Waals surface area contributed by atoms with E-state index in [1.165, 1.54) is 19.4 Å². The highest BCUT2D eigenvalue weighted by molar-refractivity contribution is 5.95. The molecule has 0 saturated heterocycles. The fourth-order valence-electron chi connectivity index (χ4n) is 1.86. The molecule has 104 valence electrons. The number of nitrogens with zero attached hydrogens (tertiary/aromatic N) is 1. The van der Waals surface area contributed by atoms with Gasteiger partial charge in [0, 0.05) is 12.3 Å². The van der Waals surface area contributed by atoms with E-state index in [-0.39, 0.29) is 23.2 Å². The summed E-state index contributed by atoms with van der Waals surface area (Å²) < 4.78 is 4.96. The molecule has 5 nitrogen and oxygen atoms in total. The molecule has 1 aromatic carbocycles. The molecule has 0 fully saturated rings. The number of rotatable bonds is 4. The van der Waals surface area contributed by atoms with Crippen LogP contribution in [0.1, 0.15) is 29.0 Å². The van der Waals surface area contributed by atoms with Gasteiger partial charge >= 0.3 is 0 Å². The molecular weight excluding hydrogens is 256 g/mol. The van der Waals surface area contributed by atoms with Gasteiger partial charge < -0.3 is 15.2 Å². The van der Waals surface area contributed by atoms with Crippen LogP contribution in [0.25, 0.3) is 0 Å². The zero-order valence-electron chi connectivity index (χ0n) is 11.3. The second-order valence-electron chi connectivity index (χ2n) is 4.32. The van der Waals surface area contributed by atoms with Gasteiger partial charge in [-0.25, -0.2) is 4.98 Å². The number of carbonyl (C=O) groups excluding carboxylic acids is 1. The van der Waals surface area contributed by atoms with Crippen molar-refractivity contribution in [2.75, 3.05) is 7.11 Å². The van der Waals surface area contributed by atoms with Gasteiger partial charge in [-0.1, -0.05) is 30.3 Å². The first-order valence-electron chi connectivity index (χ1n) is 6.21. The Balaban J connectivity index is 2.17. The second kappa shape index (κ2) is 6.06. The molecule has 0 spiro atoms. The molecule has 5 heteroatoms. The Bertz CT molecular complexity index is 599. The molecule has 1 amide bonds. The van der Waals surface area contributed by atoms with Crippen molar-refractivity contribution in [3.63, 3.8) is 0 Å². The molecule has 0 aliphatic rings. The third-order valence-electron chi connectivity index (χ3n) is 2.97. The number of ether oxygens (including phenoxy) is 1. The molecule has 0 bridgehead atoms. The molecule has 1 aromatic heterocycles. The lowest BCUT2D eigenvalue weighted by molar-refractivity contribution is 0.0931. The van der Waals surface area contributed by atoms with Crippen LogP contribution in [0.15, 0.2) is 42.6 Å². The van der Waals surface area contributed by atoms with Crippen molar-refractivity contribution in [3.8, 4) is 11.5 Å². The summed E-state index contributed by atoms with van der Waals surface area (Å²) in [5.41, 5.74) is 0.926. The molecule has 1 heterocycles. The van der Waals surface area contributed by atoms with Gasteiger partial charge in [0.15, 0.2) is 17.2 Å². The predicted molar refractivity (Wildman–Crippen MR) is 74.8 cm³/mol. The number of hydrogen-bond acceptors (Lipinski definition) is 4. The number of benzene rings is 1. The summed E-state index contributed by atoms with van der Waals surface area (Å²) >= 11 is 0. The van der Waals surface area contributed by atoms with Crippen LogP contribution < -0.4 is 10.1 Å². The monoisotopic (exact) mass is 272 g/mol. The predicted octanol–water partition coefficient (Wildman–Crippen LogP) is 2.29. The summed E-state index contributed by atoms with van der Waals surface area (Å²) in [5.74, 6) is -0.483. The van der Waals surface area contributed by atoms with Crippen LogP contribution in [0.2, 0.25) is 0 Å². The minimum absolute atomic E-state index is 0.0490. The zero-order chi connectivity index (χ0) is 14.5. The molecule has 0 unspecified atom stereocenters. The van der Waals surface area contributed by atoms with Crippen LogP contribution in [-0.2, 0) is 0 Å². The number of hydrogen-bond donors (Lipinski definition) is 2. The van der Waals surface area contributed by atoms with Gasteiger partial charge in [-0.3, -0.25) is 4.79 Å². The van der Waals surface area contributed by atoms with Gasteiger partial charge in [0.1, 0.15) is 0 Å². The van der Waals surface area contributed by atoms with E-state index in [2.05, 4.69) is 10.3 Å². The number of methoxy groups -OCH3 is 1. The summed E-state index contributed by atoms with van der Waals surface area (Å²) in [6.45, 7) is 1.87. The highest BCUT2D eigenvalue weighted by atomic mass is 16.5. The van der Waals surface area contributed by atoms with Crippen molar-refractivity contribution in [3.05, 3.63) is 53.9 Å². The quantitative estimate of drug-likeness (QED) is 0.895. The van der Waals surface area contributed by atoms with E-state index >= 15 is 0 Å². The molecule has 1 atom stereocenters. The molecule has 2 rings (SSSR count). The van der Waals surface area contributed by atoms with Gasteiger partial charge in [-0.05, 0) is 12.5 Å². The fourth-order valence-corrected chi connectivity index (χ4v) is 1.86. The average molecular weight is 272 g/mol. The Morgan fingerprint density at radius 1 is 1.30 bits per heavy atom. The third-order valence-corrected chi connectivity index (χ3v) is 2.97. The number of carbonyl (C=O) groups is 1. The summed E-state index contributed by atoms with van der Waals surface area (Å²) in [6, 6.07) is 10.9. The molecule has 0 radical (unpaired) electrons. The Morgan fingerprint density at radius 3 is 2.65 bits per heavy atom. The number of pyridine rings is 1. The van der Waals surface area contributed by atoms with Crippen LogP contribution in [0.3, 0.4) is 0 Å². The van der Waals surface area contributed by atoms with Gasteiger partial charge in [0.05, 0.1) is 13.2 Å². The maximum absolute atomic E-state index is 12.1. The smallest absolute Gasteiger partial charge is 0.274 e. The van der Waals surface area contributed by atoms with Crippen LogP contribution in [0.4, 0.5) is 0 Å². The average Bonchev–Trinajstić information content (AvgIpc) is 2.48. The second-order valence-corrected chi connectivity index (χ2v) is 4.32. The summed E-state index contributed by atoms with van der Waals surface area (Å²) in [4.78, 5) is 16.0. The van der Waals surface area contributed by atoms with Gasteiger partial charge in [0.2, 0.25) is 0 Å². The van der Waals surface area contributed by atoms with E-state index in [4.69, 9.17) is 4.74 Å². The molecule has 20 heavy (non-hydrogen) atoms. The first-order chi connectivity index (χ1) is 9.63. The van der Waals surface area contributed by atoms with E-state index in [1.54, 1.807) is 0 Å².